The van der Waals surface area contributed by atoms with Gasteiger partial charge in [0.1, 0.15) is 5.82 Å². The third-order valence-electron chi connectivity index (χ3n) is 5.52. The van der Waals surface area contributed by atoms with Gasteiger partial charge < -0.3 is 15.0 Å². The number of piperidine rings is 1. The van der Waals surface area contributed by atoms with Crippen LogP contribution in [0.15, 0.2) is 24.3 Å². The van der Waals surface area contributed by atoms with Gasteiger partial charge in [0.2, 0.25) is 0 Å². The van der Waals surface area contributed by atoms with Crippen LogP contribution in [0.3, 0.4) is 0 Å². The van der Waals surface area contributed by atoms with E-state index in [-0.39, 0.29) is 12.3 Å². The van der Waals surface area contributed by atoms with E-state index in [4.69, 9.17) is 4.98 Å². The number of para-hydroxylation sites is 2. The Labute approximate surface area is 142 Å². The predicted molar refractivity (Wildman–Crippen MR) is 92.8 cm³/mol. The van der Waals surface area contributed by atoms with Crippen molar-refractivity contribution < 1.29 is 9.90 Å². The predicted octanol–water partition coefficient (Wildman–Crippen LogP) is 2.93. The van der Waals surface area contributed by atoms with E-state index in [1.54, 1.807) is 0 Å². The lowest BCUT2D eigenvalue weighted by atomic mass is 9.81. The summed E-state index contributed by atoms with van der Waals surface area (Å²) in [6.45, 7) is 3.24. The molecule has 1 saturated heterocycles. The van der Waals surface area contributed by atoms with Crippen molar-refractivity contribution in [2.45, 2.75) is 32.1 Å². The number of imidazole rings is 1. The maximum Gasteiger partial charge on any atom is 0.303 e. The summed E-state index contributed by atoms with van der Waals surface area (Å²) >= 11 is 0. The first-order valence-corrected chi connectivity index (χ1v) is 9.05. The van der Waals surface area contributed by atoms with E-state index >= 15 is 0 Å². The number of H-pyrrole nitrogens is 1. The van der Waals surface area contributed by atoms with Gasteiger partial charge in [0.25, 0.3) is 0 Å². The highest BCUT2D eigenvalue weighted by Gasteiger charge is 2.34. The second kappa shape index (κ2) is 6.55. The lowest BCUT2D eigenvalue weighted by Gasteiger charge is -2.38. The van der Waals surface area contributed by atoms with E-state index in [2.05, 4.69) is 9.88 Å². The van der Waals surface area contributed by atoms with Gasteiger partial charge in [0, 0.05) is 25.9 Å². The fourth-order valence-electron chi connectivity index (χ4n) is 4.06. The molecule has 1 aliphatic heterocycles. The second-order valence-electron chi connectivity index (χ2n) is 7.51. The molecule has 128 valence electrons. The van der Waals surface area contributed by atoms with Gasteiger partial charge in [-0.3, -0.25) is 4.79 Å². The molecule has 0 spiro atoms. The molecule has 2 heterocycles. The maximum absolute atomic E-state index is 11.2. The minimum atomic E-state index is -0.676. The molecule has 1 aromatic heterocycles. The van der Waals surface area contributed by atoms with Gasteiger partial charge in [-0.25, -0.2) is 4.98 Å². The molecule has 24 heavy (non-hydrogen) atoms. The van der Waals surface area contributed by atoms with Crippen molar-refractivity contribution in [3.05, 3.63) is 30.1 Å². The van der Waals surface area contributed by atoms with E-state index in [1.165, 1.54) is 19.4 Å². The quantitative estimate of drug-likeness (QED) is 0.856. The highest BCUT2D eigenvalue weighted by Crippen LogP contribution is 2.34. The van der Waals surface area contributed by atoms with Crippen LogP contribution in [0.1, 0.15) is 31.5 Å². The summed E-state index contributed by atoms with van der Waals surface area (Å²) in [5.41, 5.74) is 2.06. The number of hydrogen-bond acceptors (Lipinski definition) is 3. The standard InChI is InChI=1S/C19H25N3O2/c23-19(24)10-14-7-8-22(11-13-5-6-13)12-15(14)9-18-20-16-3-1-2-4-17(16)21-18/h1-4,13-15H,5-12H2,(H,20,21)(H,23,24). The van der Waals surface area contributed by atoms with Gasteiger partial charge in [-0.15, -0.1) is 0 Å². The summed E-state index contributed by atoms with van der Waals surface area (Å²) in [4.78, 5) is 21.9. The Morgan fingerprint density at radius 1 is 1.25 bits per heavy atom. The Hall–Kier alpha value is -1.88. The molecule has 2 aliphatic rings. The molecule has 2 unspecified atom stereocenters. The van der Waals surface area contributed by atoms with E-state index in [0.717, 1.165) is 48.7 Å². The SMILES string of the molecule is O=C(O)CC1CCN(CC2CC2)CC1Cc1nc2ccccc2[nH]1. The van der Waals surface area contributed by atoms with Gasteiger partial charge in [0.05, 0.1) is 11.0 Å². The molecule has 1 aromatic carbocycles. The molecule has 2 fully saturated rings. The fourth-order valence-corrected chi connectivity index (χ4v) is 4.06. The Balaban J connectivity index is 1.49. The van der Waals surface area contributed by atoms with Crippen LogP contribution in [0.25, 0.3) is 11.0 Å². The molecule has 4 rings (SSSR count). The molecule has 2 aromatic rings. The summed E-state index contributed by atoms with van der Waals surface area (Å²) < 4.78 is 0. The monoisotopic (exact) mass is 327 g/mol. The van der Waals surface area contributed by atoms with Crippen molar-refractivity contribution in [2.75, 3.05) is 19.6 Å². The van der Waals surface area contributed by atoms with Crippen molar-refractivity contribution in [1.29, 1.82) is 0 Å². The Morgan fingerprint density at radius 3 is 2.83 bits per heavy atom. The van der Waals surface area contributed by atoms with E-state index in [0.29, 0.717) is 5.92 Å². The fraction of sp³-hybridized carbons (Fsp3) is 0.579. The number of carboxylic acids is 1. The summed E-state index contributed by atoms with van der Waals surface area (Å²) in [6.07, 6.45) is 4.84. The zero-order chi connectivity index (χ0) is 16.5. The molecule has 2 atom stereocenters. The number of rotatable bonds is 6. The largest absolute Gasteiger partial charge is 0.481 e. The average Bonchev–Trinajstić information content (AvgIpc) is 3.26. The van der Waals surface area contributed by atoms with Gasteiger partial charge in [-0.2, -0.15) is 0 Å². The summed E-state index contributed by atoms with van der Waals surface area (Å²) in [5, 5.41) is 9.25. The first-order chi connectivity index (χ1) is 11.7. The van der Waals surface area contributed by atoms with Gasteiger partial charge in [0.15, 0.2) is 0 Å². The summed E-state index contributed by atoms with van der Waals surface area (Å²) in [7, 11) is 0. The number of carbonyl (C=O) groups is 1. The van der Waals surface area contributed by atoms with Crippen molar-refractivity contribution in [2.24, 2.45) is 17.8 Å². The molecule has 5 heteroatoms. The number of carboxylic acid groups (broad SMARTS) is 1. The lowest BCUT2D eigenvalue weighted by molar-refractivity contribution is -0.139. The maximum atomic E-state index is 11.2. The normalized spacial score (nSPS) is 25.2. The van der Waals surface area contributed by atoms with Crippen LogP contribution in [0.2, 0.25) is 0 Å². The number of aliphatic carboxylic acids is 1. The first kappa shape index (κ1) is 15.6. The smallest absolute Gasteiger partial charge is 0.303 e. The summed E-state index contributed by atoms with van der Waals surface area (Å²) in [5.74, 6) is 1.82. The molecule has 1 saturated carbocycles. The lowest BCUT2D eigenvalue weighted by Crippen LogP contribution is -2.43. The highest BCUT2D eigenvalue weighted by molar-refractivity contribution is 5.74. The minimum absolute atomic E-state index is 0.256. The van der Waals surface area contributed by atoms with Crippen molar-refractivity contribution in [1.82, 2.24) is 14.9 Å². The third-order valence-corrected chi connectivity index (χ3v) is 5.52. The van der Waals surface area contributed by atoms with Gasteiger partial charge in [-0.1, -0.05) is 12.1 Å². The van der Waals surface area contributed by atoms with Crippen molar-refractivity contribution in [3.63, 3.8) is 0 Å². The van der Waals surface area contributed by atoms with Gasteiger partial charge in [-0.05, 0) is 55.7 Å². The highest BCUT2D eigenvalue weighted by atomic mass is 16.4. The number of hydrogen-bond donors (Lipinski definition) is 2. The molecular formula is C19H25N3O2. The number of aromatic nitrogens is 2. The molecule has 0 radical (unpaired) electrons. The number of likely N-dealkylation sites (tertiary alicyclic amines) is 1. The summed E-state index contributed by atoms with van der Waals surface area (Å²) in [6, 6.07) is 8.07. The second-order valence-corrected chi connectivity index (χ2v) is 7.51. The number of fused-ring (bicyclic) bond motifs is 1. The minimum Gasteiger partial charge on any atom is -0.481 e. The van der Waals surface area contributed by atoms with Crippen LogP contribution in [0, 0.1) is 17.8 Å². The topological polar surface area (TPSA) is 69.2 Å². The van der Waals surface area contributed by atoms with Gasteiger partial charge >= 0.3 is 5.97 Å². The van der Waals surface area contributed by atoms with Crippen molar-refractivity contribution in [3.8, 4) is 0 Å². The first-order valence-electron chi connectivity index (χ1n) is 9.05. The van der Waals surface area contributed by atoms with E-state index in [9.17, 15) is 9.90 Å². The van der Waals surface area contributed by atoms with Crippen LogP contribution in [-0.2, 0) is 11.2 Å². The van der Waals surface area contributed by atoms with Crippen LogP contribution >= 0.6 is 0 Å². The number of nitrogens with one attached hydrogen (secondary N) is 1. The van der Waals surface area contributed by atoms with Crippen LogP contribution in [-0.4, -0.2) is 45.6 Å². The van der Waals surface area contributed by atoms with Crippen LogP contribution in [0.5, 0.6) is 0 Å². The van der Waals surface area contributed by atoms with Crippen molar-refractivity contribution >= 4 is 17.0 Å². The Morgan fingerprint density at radius 2 is 2.08 bits per heavy atom. The number of aromatic amines is 1. The van der Waals surface area contributed by atoms with E-state index < -0.39 is 5.97 Å². The number of benzene rings is 1. The molecule has 1 aliphatic carbocycles. The van der Waals surface area contributed by atoms with Crippen LogP contribution < -0.4 is 0 Å². The average molecular weight is 327 g/mol. The number of nitrogens with zero attached hydrogens (tertiary/aromatic N) is 2. The van der Waals surface area contributed by atoms with Crippen LogP contribution in [0.4, 0.5) is 0 Å². The van der Waals surface area contributed by atoms with E-state index in [1.807, 2.05) is 24.3 Å². The molecular weight excluding hydrogens is 302 g/mol. The third kappa shape index (κ3) is 3.61. The zero-order valence-electron chi connectivity index (χ0n) is 13.9. The zero-order valence-corrected chi connectivity index (χ0v) is 13.9. The molecule has 0 bridgehead atoms. The Bertz CT molecular complexity index is 689. The molecule has 2 N–H and O–H groups in total. The molecule has 5 nitrogen and oxygen atoms in total. The molecule has 0 amide bonds. The Kier molecular flexibility index (Phi) is 4.27.